The van der Waals surface area contributed by atoms with Crippen LogP contribution in [0.3, 0.4) is 0 Å². The molecular formula is C17H16N2O4. The minimum Gasteiger partial charge on any atom is -0.457 e. The van der Waals surface area contributed by atoms with Gasteiger partial charge in [0.15, 0.2) is 0 Å². The van der Waals surface area contributed by atoms with Gasteiger partial charge in [-0.05, 0) is 31.1 Å². The summed E-state index contributed by atoms with van der Waals surface area (Å²) in [6.07, 6.45) is 5.23. The Balaban J connectivity index is 1.74. The summed E-state index contributed by atoms with van der Waals surface area (Å²) < 4.78 is 5.64. The molecule has 3 rings (SSSR count). The van der Waals surface area contributed by atoms with Crippen molar-refractivity contribution in [3.8, 4) is 11.3 Å². The van der Waals surface area contributed by atoms with Gasteiger partial charge in [-0.15, -0.1) is 0 Å². The van der Waals surface area contributed by atoms with Gasteiger partial charge in [0.1, 0.15) is 11.5 Å². The van der Waals surface area contributed by atoms with Crippen LogP contribution in [0.15, 0.2) is 46.9 Å². The van der Waals surface area contributed by atoms with Crippen molar-refractivity contribution >= 4 is 17.7 Å². The van der Waals surface area contributed by atoms with Crippen molar-refractivity contribution in [2.24, 2.45) is 0 Å². The van der Waals surface area contributed by atoms with Crippen LogP contribution < -0.4 is 0 Å². The third-order valence-electron chi connectivity index (χ3n) is 3.78. The van der Waals surface area contributed by atoms with Crippen LogP contribution in [0, 0.1) is 10.1 Å². The van der Waals surface area contributed by atoms with Crippen LogP contribution in [0.25, 0.3) is 17.4 Å². The average molecular weight is 312 g/mol. The first-order valence-corrected chi connectivity index (χ1v) is 7.45. The van der Waals surface area contributed by atoms with Crippen molar-refractivity contribution in [3.05, 3.63) is 58.3 Å². The molecule has 0 bridgehead atoms. The van der Waals surface area contributed by atoms with Crippen LogP contribution in [0.4, 0.5) is 5.69 Å². The van der Waals surface area contributed by atoms with Crippen LogP contribution in [-0.2, 0) is 4.79 Å². The van der Waals surface area contributed by atoms with E-state index >= 15 is 0 Å². The molecule has 0 unspecified atom stereocenters. The number of nitro benzene ring substituents is 1. The molecule has 118 valence electrons. The zero-order valence-corrected chi connectivity index (χ0v) is 12.5. The summed E-state index contributed by atoms with van der Waals surface area (Å²) in [6.45, 7) is 1.61. The molecule has 0 saturated carbocycles. The van der Waals surface area contributed by atoms with E-state index in [1.165, 1.54) is 18.2 Å². The fourth-order valence-corrected chi connectivity index (χ4v) is 2.57. The van der Waals surface area contributed by atoms with E-state index in [0.29, 0.717) is 17.1 Å². The average Bonchev–Trinajstić information content (AvgIpc) is 3.24. The third kappa shape index (κ3) is 3.48. The minimum atomic E-state index is -0.442. The number of likely N-dealkylation sites (tertiary alicyclic amines) is 1. The van der Waals surface area contributed by atoms with E-state index in [1.54, 1.807) is 35.2 Å². The Bertz CT molecular complexity index is 757. The monoisotopic (exact) mass is 312 g/mol. The molecule has 2 aromatic rings. The Hall–Kier alpha value is -2.89. The smallest absolute Gasteiger partial charge is 0.270 e. The Morgan fingerprint density at radius 2 is 2.00 bits per heavy atom. The van der Waals surface area contributed by atoms with E-state index in [4.69, 9.17) is 4.42 Å². The number of carbonyl (C=O) groups is 1. The second-order valence-electron chi connectivity index (χ2n) is 5.38. The zero-order valence-electron chi connectivity index (χ0n) is 12.5. The fourth-order valence-electron chi connectivity index (χ4n) is 2.57. The molecular weight excluding hydrogens is 296 g/mol. The molecule has 1 aromatic carbocycles. The molecule has 1 amide bonds. The van der Waals surface area contributed by atoms with Crippen LogP contribution in [0.1, 0.15) is 18.6 Å². The number of nitrogens with zero attached hydrogens (tertiary/aromatic N) is 2. The predicted molar refractivity (Wildman–Crippen MR) is 85.6 cm³/mol. The van der Waals surface area contributed by atoms with E-state index in [2.05, 4.69) is 0 Å². The van der Waals surface area contributed by atoms with Crippen molar-refractivity contribution in [2.75, 3.05) is 13.1 Å². The molecule has 0 atom stereocenters. The number of nitro groups is 1. The number of rotatable bonds is 4. The second-order valence-corrected chi connectivity index (χ2v) is 5.38. The summed E-state index contributed by atoms with van der Waals surface area (Å²) in [5.41, 5.74) is 0.643. The first-order valence-electron chi connectivity index (χ1n) is 7.45. The van der Waals surface area contributed by atoms with Gasteiger partial charge >= 0.3 is 0 Å². The van der Waals surface area contributed by atoms with E-state index in [1.807, 2.05) is 0 Å². The van der Waals surface area contributed by atoms with Crippen LogP contribution in [0.2, 0.25) is 0 Å². The molecule has 23 heavy (non-hydrogen) atoms. The van der Waals surface area contributed by atoms with Crippen molar-refractivity contribution in [1.29, 1.82) is 0 Å². The Kier molecular flexibility index (Phi) is 4.23. The summed E-state index contributed by atoms with van der Waals surface area (Å²) in [5.74, 6) is 1.05. The van der Waals surface area contributed by atoms with Crippen molar-refractivity contribution in [3.63, 3.8) is 0 Å². The van der Waals surface area contributed by atoms with E-state index in [9.17, 15) is 14.9 Å². The largest absolute Gasteiger partial charge is 0.457 e. The molecule has 1 saturated heterocycles. The second kappa shape index (κ2) is 6.48. The number of amides is 1. The Morgan fingerprint density at radius 3 is 2.74 bits per heavy atom. The molecule has 0 radical (unpaired) electrons. The topological polar surface area (TPSA) is 76.6 Å². The maximum Gasteiger partial charge on any atom is 0.270 e. The zero-order chi connectivity index (χ0) is 16.2. The van der Waals surface area contributed by atoms with Gasteiger partial charge < -0.3 is 9.32 Å². The lowest BCUT2D eigenvalue weighted by Crippen LogP contribution is -2.25. The van der Waals surface area contributed by atoms with E-state index in [-0.39, 0.29) is 11.6 Å². The lowest BCUT2D eigenvalue weighted by molar-refractivity contribution is -0.384. The standard InChI is InChI=1S/C17H16N2O4/c20-17(18-10-1-2-11-18)9-7-15-6-8-16(23-15)13-4-3-5-14(12-13)19(21)22/h3-9,12H,1-2,10-11H2/b9-7+. The van der Waals surface area contributed by atoms with Crippen LogP contribution in [-0.4, -0.2) is 28.8 Å². The highest BCUT2D eigenvalue weighted by Gasteiger charge is 2.15. The molecule has 6 heteroatoms. The van der Waals surface area contributed by atoms with Crippen LogP contribution >= 0.6 is 0 Å². The Morgan fingerprint density at radius 1 is 1.22 bits per heavy atom. The number of hydrogen-bond donors (Lipinski definition) is 0. The van der Waals surface area contributed by atoms with Gasteiger partial charge in [-0.3, -0.25) is 14.9 Å². The quantitative estimate of drug-likeness (QED) is 0.492. The molecule has 1 fully saturated rings. The normalized spacial score (nSPS) is 14.5. The SMILES string of the molecule is O=C(/C=C/c1ccc(-c2cccc([N+](=O)[O-])c2)o1)N1CCCC1. The van der Waals surface area contributed by atoms with E-state index < -0.39 is 4.92 Å². The van der Waals surface area contributed by atoms with Crippen molar-refractivity contribution in [1.82, 2.24) is 4.90 Å². The maximum absolute atomic E-state index is 11.9. The fraction of sp³-hybridized carbons (Fsp3) is 0.235. The number of furan rings is 1. The van der Waals surface area contributed by atoms with Crippen LogP contribution in [0.5, 0.6) is 0 Å². The third-order valence-corrected chi connectivity index (χ3v) is 3.78. The summed E-state index contributed by atoms with van der Waals surface area (Å²) >= 11 is 0. The van der Waals surface area contributed by atoms with Gasteiger partial charge in [0.25, 0.3) is 5.69 Å². The molecule has 0 N–H and O–H groups in total. The minimum absolute atomic E-state index is 0.0141. The lowest BCUT2D eigenvalue weighted by atomic mass is 10.1. The predicted octanol–water partition coefficient (Wildman–Crippen LogP) is 3.49. The molecule has 6 nitrogen and oxygen atoms in total. The first-order chi connectivity index (χ1) is 11.1. The Labute approximate surface area is 133 Å². The lowest BCUT2D eigenvalue weighted by Gasteiger charge is -2.11. The van der Waals surface area contributed by atoms with E-state index in [0.717, 1.165) is 25.9 Å². The molecule has 0 aliphatic carbocycles. The molecule has 2 heterocycles. The molecule has 1 aliphatic heterocycles. The number of hydrogen-bond acceptors (Lipinski definition) is 4. The highest BCUT2D eigenvalue weighted by atomic mass is 16.6. The van der Waals surface area contributed by atoms with Gasteiger partial charge in [0.05, 0.1) is 4.92 Å². The number of carbonyl (C=O) groups excluding carboxylic acids is 1. The number of benzene rings is 1. The first kappa shape index (κ1) is 15.0. The van der Waals surface area contributed by atoms with Crippen molar-refractivity contribution in [2.45, 2.75) is 12.8 Å². The van der Waals surface area contributed by atoms with Crippen molar-refractivity contribution < 1.29 is 14.1 Å². The summed E-state index contributed by atoms with van der Waals surface area (Å²) in [5, 5.41) is 10.8. The molecule has 1 aliphatic rings. The summed E-state index contributed by atoms with van der Waals surface area (Å²) in [4.78, 5) is 24.1. The molecule has 0 spiro atoms. The molecule has 1 aromatic heterocycles. The highest BCUT2D eigenvalue weighted by Crippen LogP contribution is 2.26. The summed E-state index contributed by atoms with van der Waals surface area (Å²) in [7, 11) is 0. The van der Waals surface area contributed by atoms with Gasteiger partial charge in [0.2, 0.25) is 5.91 Å². The number of non-ortho nitro benzene ring substituents is 1. The van der Waals surface area contributed by atoms with Gasteiger partial charge in [0, 0.05) is 36.9 Å². The maximum atomic E-state index is 11.9. The van der Waals surface area contributed by atoms with Gasteiger partial charge in [-0.25, -0.2) is 0 Å². The highest BCUT2D eigenvalue weighted by molar-refractivity contribution is 5.91. The van der Waals surface area contributed by atoms with Gasteiger partial charge in [-0.1, -0.05) is 12.1 Å². The van der Waals surface area contributed by atoms with Gasteiger partial charge in [-0.2, -0.15) is 0 Å². The summed E-state index contributed by atoms with van der Waals surface area (Å²) in [6, 6.07) is 9.72.